The second-order valence-electron chi connectivity index (χ2n) is 8.43. The molecule has 2 atom stereocenters. The van der Waals surface area contributed by atoms with Crippen LogP contribution >= 0.6 is 0 Å². The van der Waals surface area contributed by atoms with Crippen molar-refractivity contribution in [2.75, 3.05) is 6.54 Å². The van der Waals surface area contributed by atoms with Gasteiger partial charge in [-0.25, -0.2) is 4.79 Å². The molecule has 7 nitrogen and oxygen atoms in total. The first-order valence-electron chi connectivity index (χ1n) is 11.2. The van der Waals surface area contributed by atoms with Crippen LogP contribution in [0.4, 0.5) is 10.6 Å². The summed E-state index contributed by atoms with van der Waals surface area (Å²) in [6, 6.07) is 16.8. The molecule has 2 fully saturated rings. The van der Waals surface area contributed by atoms with Gasteiger partial charge in [-0.15, -0.1) is 5.10 Å². The molecule has 1 amide bonds. The van der Waals surface area contributed by atoms with Crippen LogP contribution in [-0.2, 0) is 0 Å². The van der Waals surface area contributed by atoms with Crippen molar-refractivity contribution in [2.45, 2.75) is 44.6 Å². The van der Waals surface area contributed by atoms with E-state index in [0.29, 0.717) is 35.2 Å². The van der Waals surface area contributed by atoms with E-state index in [1.54, 1.807) is 0 Å². The van der Waals surface area contributed by atoms with Gasteiger partial charge in [-0.3, -0.25) is 0 Å². The topological polar surface area (TPSA) is 64.6 Å². The van der Waals surface area contributed by atoms with E-state index < -0.39 is 0 Å². The molecule has 32 heavy (non-hydrogen) atoms. The minimum Gasteiger partial charge on any atom is -0.457 e. The lowest BCUT2D eigenvalue weighted by atomic mass is 9.78. The highest BCUT2D eigenvalue weighted by molar-refractivity contribution is 5.86. The second kappa shape index (κ2) is 8.83. The van der Waals surface area contributed by atoms with E-state index in [9.17, 15) is 4.79 Å². The van der Waals surface area contributed by atoms with Crippen molar-refractivity contribution in [3.8, 4) is 22.8 Å². The molecule has 1 aliphatic carbocycles. The average Bonchev–Trinajstić information content (AvgIpc) is 3.28. The number of fused-ring (bicyclic) bond motifs is 1. The molecule has 0 bridgehead atoms. The van der Waals surface area contributed by atoms with E-state index in [-0.39, 0.29) is 17.9 Å². The minimum atomic E-state index is -0.243. The maximum Gasteiger partial charge on any atom is 0.423 e. The normalized spacial score (nSPS) is 20.3. The van der Waals surface area contributed by atoms with Crippen LogP contribution < -0.4 is 4.74 Å². The van der Waals surface area contributed by atoms with Gasteiger partial charge in [0.1, 0.15) is 17.2 Å². The molecule has 162 valence electrons. The van der Waals surface area contributed by atoms with E-state index >= 15 is 0 Å². The number of hydrogen-bond acceptors (Lipinski definition) is 4. The molecule has 2 unspecified atom stereocenters. The maximum atomic E-state index is 13.5. The number of benzene rings is 2. The third-order valence-corrected chi connectivity index (χ3v) is 6.54. The summed E-state index contributed by atoms with van der Waals surface area (Å²) >= 11 is 0. The molecule has 1 saturated carbocycles. The number of nitrogens with zero attached hydrogens (tertiary/aromatic N) is 5. The van der Waals surface area contributed by atoms with Gasteiger partial charge in [0, 0.05) is 23.4 Å². The number of aromatic nitrogens is 3. The highest BCUT2D eigenvalue weighted by Gasteiger charge is 2.39. The third-order valence-electron chi connectivity index (χ3n) is 6.54. The first kappa shape index (κ1) is 20.3. The van der Waals surface area contributed by atoms with E-state index in [2.05, 4.69) is 15.2 Å². The Morgan fingerprint density at radius 3 is 2.59 bits per heavy atom. The van der Waals surface area contributed by atoms with Gasteiger partial charge in [0.25, 0.3) is 5.82 Å². The SMILES string of the molecule is [C-]#[N+]c1c(-c2ccccc2Oc2ccccc2)nnn1C(=O)N1CCCC2CCCCC21. The van der Waals surface area contributed by atoms with Crippen molar-refractivity contribution >= 4 is 11.8 Å². The van der Waals surface area contributed by atoms with Crippen molar-refractivity contribution < 1.29 is 9.53 Å². The van der Waals surface area contributed by atoms with Crippen LogP contribution in [0.25, 0.3) is 16.1 Å². The van der Waals surface area contributed by atoms with Gasteiger partial charge >= 0.3 is 6.03 Å². The first-order valence-corrected chi connectivity index (χ1v) is 11.2. The largest absolute Gasteiger partial charge is 0.457 e. The Bertz CT molecular complexity index is 1150. The Balaban J connectivity index is 1.48. The quantitative estimate of drug-likeness (QED) is 0.487. The molecule has 5 rings (SSSR count). The number of rotatable bonds is 3. The number of ether oxygens (including phenoxy) is 1. The fraction of sp³-hybridized carbons (Fsp3) is 0.360. The Hall–Kier alpha value is -3.66. The van der Waals surface area contributed by atoms with Crippen LogP contribution in [0.1, 0.15) is 38.5 Å². The molecule has 0 radical (unpaired) electrons. The first-order chi connectivity index (χ1) is 15.8. The van der Waals surface area contributed by atoms with E-state index in [4.69, 9.17) is 11.3 Å². The minimum absolute atomic E-state index is 0.122. The number of likely N-dealkylation sites (tertiary alicyclic amines) is 1. The van der Waals surface area contributed by atoms with Gasteiger partial charge in [-0.05, 0) is 49.8 Å². The van der Waals surface area contributed by atoms with Crippen molar-refractivity contribution in [2.24, 2.45) is 5.92 Å². The van der Waals surface area contributed by atoms with Gasteiger partial charge < -0.3 is 14.5 Å². The van der Waals surface area contributed by atoms with Crippen LogP contribution in [0.2, 0.25) is 0 Å². The predicted octanol–water partition coefficient (Wildman–Crippen LogP) is 5.91. The van der Waals surface area contributed by atoms with Crippen molar-refractivity contribution in [1.82, 2.24) is 19.9 Å². The lowest BCUT2D eigenvalue weighted by Crippen LogP contribution is -2.51. The molecule has 1 saturated heterocycles. The molecule has 0 spiro atoms. The van der Waals surface area contributed by atoms with Gasteiger partial charge in [0.2, 0.25) is 0 Å². The van der Waals surface area contributed by atoms with Crippen LogP contribution in [0.15, 0.2) is 54.6 Å². The second-order valence-corrected chi connectivity index (χ2v) is 8.43. The van der Waals surface area contributed by atoms with Crippen molar-refractivity contribution in [1.29, 1.82) is 0 Å². The number of para-hydroxylation sites is 2. The third kappa shape index (κ3) is 3.73. The van der Waals surface area contributed by atoms with Crippen molar-refractivity contribution in [3.05, 3.63) is 66.0 Å². The smallest absolute Gasteiger partial charge is 0.423 e. The standard InChI is InChI=1S/C25H25N5O2/c1-26-24-23(20-14-6-8-16-22(20)32-19-12-3-2-4-13-19)27-28-30(24)25(31)29-17-9-11-18-10-5-7-15-21(18)29/h2-4,6,8,12-14,16,18,21H,5,7,9-11,15,17H2. The zero-order valence-electron chi connectivity index (χ0n) is 17.9. The Labute approximate surface area is 187 Å². The summed E-state index contributed by atoms with van der Waals surface area (Å²) in [5.74, 6) is 1.93. The molecule has 2 aliphatic rings. The van der Waals surface area contributed by atoms with Crippen molar-refractivity contribution in [3.63, 3.8) is 0 Å². The zero-order chi connectivity index (χ0) is 21.9. The summed E-state index contributed by atoms with van der Waals surface area (Å²) in [6.45, 7) is 8.49. The van der Waals surface area contributed by atoms with Gasteiger partial charge in [-0.2, -0.15) is 0 Å². The van der Waals surface area contributed by atoms with E-state index in [1.807, 2.05) is 59.5 Å². The monoisotopic (exact) mass is 427 g/mol. The molecular formula is C25H25N5O2. The highest BCUT2D eigenvalue weighted by atomic mass is 16.5. The summed E-state index contributed by atoms with van der Waals surface area (Å²) in [4.78, 5) is 19.1. The van der Waals surface area contributed by atoms with Gasteiger partial charge in [-0.1, -0.05) is 60.5 Å². The number of carbonyl (C=O) groups is 1. The Kier molecular flexibility index (Phi) is 5.59. The average molecular weight is 428 g/mol. The predicted molar refractivity (Wildman–Crippen MR) is 121 cm³/mol. The fourth-order valence-electron chi connectivity index (χ4n) is 5.03. The van der Waals surface area contributed by atoms with Crippen LogP contribution in [0.5, 0.6) is 11.5 Å². The summed E-state index contributed by atoms with van der Waals surface area (Å²) in [5, 5.41) is 8.38. The lowest BCUT2D eigenvalue weighted by molar-refractivity contribution is 0.0835. The number of piperidine rings is 1. The van der Waals surface area contributed by atoms with Crippen LogP contribution in [-0.4, -0.2) is 38.5 Å². The molecule has 0 N–H and O–H groups in total. The number of carbonyl (C=O) groups excluding carboxylic acids is 1. The van der Waals surface area contributed by atoms with Crippen LogP contribution in [0.3, 0.4) is 0 Å². The van der Waals surface area contributed by atoms with Crippen LogP contribution in [0, 0.1) is 12.5 Å². The molecule has 2 heterocycles. The fourth-order valence-corrected chi connectivity index (χ4v) is 5.03. The summed E-state index contributed by atoms with van der Waals surface area (Å²) in [5.41, 5.74) is 0.993. The Morgan fingerprint density at radius 1 is 1.00 bits per heavy atom. The molecule has 7 heteroatoms. The van der Waals surface area contributed by atoms with Gasteiger partial charge in [0.15, 0.2) is 0 Å². The Morgan fingerprint density at radius 2 is 1.75 bits per heavy atom. The molecule has 1 aromatic heterocycles. The molecule has 3 aromatic rings. The van der Waals surface area contributed by atoms with E-state index in [1.165, 1.54) is 23.9 Å². The summed E-state index contributed by atoms with van der Waals surface area (Å²) in [6.07, 6.45) is 6.76. The molecule has 2 aromatic carbocycles. The summed E-state index contributed by atoms with van der Waals surface area (Å²) in [7, 11) is 0. The van der Waals surface area contributed by atoms with Gasteiger partial charge in [0.05, 0.1) is 0 Å². The maximum absolute atomic E-state index is 13.5. The zero-order valence-corrected chi connectivity index (χ0v) is 17.9. The van der Waals surface area contributed by atoms with E-state index in [0.717, 1.165) is 19.3 Å². The summed E-state index contributed by atoms with van der Waals surface area (Å²) < 4.78 is 7.22. The highest BCUT2D eigenvalue weighted by Crippen LogP contribution is 2.39. The number of hydrogen-bond donors (Lipinski definition) is 0. The lowest BCUT2D eigenvalue weighted by Gasteiger charge is -2.42. The molecular weight excluding hydrogens is 402 g/mol. The molecule has 1 aliphatic heterocycles. The number of amides is 1.